The number of nitro groups is 1. The molecule has 2 aromatic heterocycles. The third-order valence-electron chi connectivity index (χ3n) is 4.42. The van der Waals surface area contributed by atoms with Crippen LogP contribution in [-0.2, 0) is 0 Å². The van der Waals surface area contributed by atoms with Crippen LogP contribution in [0, 0.1) is 21.8 Å². The van der Waals surface area contributed by atoms with E-state index in [0.29, 0.717) is 11.3 Å². The van der Waals surface area contributed by atoms with E-state index in [1.165, 1.54) is 6.07 Å². The maximum absolute atomic E-state index is 13.5. The van der Waals surface area contributed by atoms with E-state index in [-0.39, 0.29) is 36.0 Å². The molecule has 0 radical (unpaired) electrons. The monoisotopic (exact) mass is 412 g/mol. The summed E-state index contributed by atoms with van der Waals surface area (Å²) in [5.74, 6) is -0.107. The predicted octanol–water partition coefficient (Wildman–Crippen LogP) is 3.76. The van der Waals surface area contributed by atoms with Crippen LogP contribution < -0.4 is 10.6 Å². The molecule has 10 heteroatoms. The quantitative estimate of drug-likeness (QED) is 0.377. The van der Waals surface area contributed by atoms with E-state index < -0.39 is 16.4 Å². The Bertz CT molecular complexity index is 1030. The lowest BCUT2D eigenvalue weighted by Gasteiger charge is -2.20. The molecule has 0 aliphatic rings. The summed E-state index contributed by atoms with van der Waals surface area (Å²) in [6.45, 7) is 3.77. The van der Waals surface area contributed by atoms with E-state index in [4.69, 9.17) is 0 Å². The first-order chi connectivity index (χ1) is 14.4. The first kappa shape index (κ1) is 21.1. The van der Waals surface area contributed by atoms with Gasteiger partial charge in [-0.15, -0.1) is 0 Å². The maximum Gasteiger partial charge on any atom is 0.295 e. The Labute approximate surface area is 172 Å². The van der Waals surface area contributed by atoms with E-state index >= 15 is 0 Å². The number of aliphatic hydroxyl groups is 1. The molecule has 3 aromatic rings. The van der Waals surface area contributed by atoms with Gasteiger partial charge in [-0.25, -0.2) is 9.37 Å². The highest BCUT2D eigenvalue weighted by molar-refractivity contribution is 5.71. The van der Waals surface area contributed by atoms with Gasteiger partial charge in [0.1, 0.15) is 17.3 Å². The van der Waals surface area contributed by atoms with Gasteiger partial charge in [-0.05, 0) is 30.2 Å². The molecule has 2 heterocycles. The molecule has 30 heavy (non-hydrogen) atoms. The molecule has 1 aromatic carbocycles. The van der Waals surface area contributed by atoms with Crippen molar-refractivity contribution in [2.24, 2.45) is 5.92 Å². The lowest BCUT2D eigenvalue weighted by molar-refractivity contribution is -0.384. The highest BCUT2D eigenvalue weighted by Gasteiger charge is 2.18. The second kappa shape index (κ2) is 9.23. The van der Waals surface area contributed by atoms with Crippen LogP contribution in [0.1, 0.15) is 13.8 Å². The van der Waals surface area contributed by atoms with Crippen molar-refractivity contribution in [2.45, 2.75) is 19.9 Å². The van der Waals surface area contributed by atoms with Crippen molar-refractivity contribution < 1.29 is 14.4 Å². The van der Waals surface area contributed by atoms with Gasteiger partial charge < -0.3 is 15.7 Å². The Morgan fingerprint density at radius 2 is 2.03 bits per heavy atom. The largest absolute Gasteiger partial charge is 0.394 e. The van der Waals surface area contributed by atoms with Gasteiger partial charge in [-0.3, -0.25) is 15.1 Å². The minimum absolute atomic E-state index is 0.0887. The molecule has 0 amide bonds. The van der Waals surface area contributed by atoms with Crippen LogP contribution in [0.4, 0.5) is 27.5 Å². The first-order valence-electron chi connectivity index (χ1n) is 9.25. The number of nitrogens with one attached hydrogen (secondary N) is 2. The fourth-order valence-electron chi connectivity index (χ4n) is 2.73. The zero-order valence-corrected chi connectivity index (χ0v) is 16.4. The van der Waals surface area contributed by atoms with E-state index in [1.807, 2.05) is 19.9 Å². The summed E-state index contributed by atoms with van der Waals surface area (Å²) in [5, 5.41) is 26.9. The summed E-state index contributed by atoms with van der Waals surface area (Å²) in [5.41, 5.74) is 0.908. The molecule has 0 aliphatic carbocycles. The number of aliphatic hydroxyl groups excluding tert-OH is 1. The predicted molar refractivity (Wildman–Crippen MR) is 111 cm³/mol. The summed E-state index contributed by atoms with van der Waals surface area (Å²) >= 11 is 0. The lowest BCUT2D eigenvalue weighted by Crippen LogP contribution is -2.30. The second-order valence-electron chi connectivity index (χ2n) is 6.92. The van der Waals surface area contributed by atoms with Crippen LogP contribution in [0.15, 0.2) is 48.8 Å². The zero-order chi connectivity index (χ0) is 21.7. The molecular formula is C20H21FN6O3. The Hall–Kier alpha value is -3.66. The number of pyridine rings is 1. The number of hydrogen-bond acceptors (Lipinski definition) is 8. The standard InChI is InChI=1S/C20H21FN6O3/c1-12(2)17(11-28)25-20-24-16(13-4-3-7-22-10-13)9-19(26-20)23-15-6-5-14(21)8-18(15)27(29)30/h3-10,12,17,28H,11H2,1-2H3,(H2,23,24,25,26)/t17-/m0/s1. The van der Waals surface area contributed by atoms with E-state index in [9.17, 15) is 19.6 Å². The van der Waals surface area contributed by atoms with Crippen LogP contribution >= 0.6 is 0 Å². The summed E-state index contributed by atoms with van der Waals surface area (Å²) < 4.78 is 13.5. The maximum atomic E-state index is 13.5. The average Bonchev–Trinajstić information content (AvgIpc) is 2.73. The third kappa shape index (κ3) is 5.03. The van der Waals surface area contributed by atoms with Gasteiger partial charge in [-0.2, -0.15) is 4.98 Å². The van der Waals surface area contributed by atoms with E-state index in [1.54, 1.807) is 24.5 Å². The molecule has 9 nitrogen and oxygen atoms in total. The lowest BCUT2D eigenvalue weighted by atomic mass is 10.1. The smallest absolute Gasteiger partial charge is 0.295 e. The van der Waals surface area contributed by atoms with Gasteiger partial charge in [0.05, 0.1) is 29.3 Å². The van der Waals surface area contributed by atoms with Gasteiger partial charge in [-0.1, -0.05) is 13.8 Å². The normalized spacial score (nSPS) is 11.9. The van der Waals surface area contributed by atoms with Gasteiger partial charge in [0.2, 0.25) is 5.95 Å². The number of aromatic nitrogens is 3. The minimum atomic E-state index is -0.712. The number of hydrogen-bond donors (Lipinski definition) is 3. The number of benzene rings is 1. The molecule has 0 saturated heterocycles. The van der Waals surface area contributed by atoms with Crippen molar-refractivity contribution >= 4 is 23.1 Å². The van der Waals surface area contributed by atoms with Gasteiger partial charge in [0.25, 0.3) is 5.69 Å². The SMILES string of the molecule is CC(C)[C@H](CO)Nc1nc(Nc2ccc(F)cc2[N+](=O)[O-])cc(-c2cccnc2)n1. The minimum Gasteiger partial charge on any atom is -0.394 e. The highest BCUT2D eigenvalue weighted by Crippen LogP contribution is 2.29. The molecule has 0 aliphatic heterocycles. The van der Waals surface area contributed by atoms with E-state index in [0.717, 1.165) is 12.1 Å². The van der Waals surface area contributed by atoms with Crippen molar-refractivity contribution in [3.8, 4) is 11.3 Å². The van der Waals surface area contributed by atoms with Crippen LogP contribution in [0.5, 0.6) is 0 Å². The molecule has 1 atom stereocenters. The number of nitrogens with zero attached hydrogens (tertiary/aromatic N) is 4. The average molecular weight is 412 g/mol. The van der Waals surface area contributed by atoms with Crippen LogP contribution in [0.25, 0.3) is 11.3 Å². The number of halogens is 1. The summed E-state index contributed by atoms with van der Waals surface area (Å²) in [6.07, 6.45) is 3.26. The molecule has 0 bridgehead atoms. The molecule has 0 unspecified atom stereocenters. The van der Waals surface area contributed by atoms with Gasteiger partial charge in [0.15, 0.2) is 0 Å². The topological polar surface area (TPSA) is 126 Å². The third-order valence-corrected chi connectivity index (χ3v) is 4.42. The van der Waals surface area contributed by atoms with Crippen molar-refractivity contribution in [1.82, 2.24) is 15.0 Å². The Morgan fingerprint density at radius 1 is 1.23 bits per heavy atom. The van der Waals surface area contributed by atoms with Gasteiger partial charge >= 0.3 is 0 Å². The van der Waals surface area contributed by atoms with Crippen LogP contribution in [0.2, 0.25) is 0 Å². The number of rotatable bonds is 8. The van der Waals surface area contributed by atoms with Crippen molar-refractivity contribution in [3.05, 3.63) is 64.7 Å². The number of anilines is 3. The zero-order valence-electron chi connectivity index (χ0n) is 16.4. The molecule has 3 rings (SSSR count). The van der Waals surface area contributed by atoms with Crippen molar-refractivity contribution in [1.29, 1.82) is 0 Å². The fraction of sp³-hybridized carbons (Fsp3) is 0.250. The van der Waals surface area contributed by atoms with Crippen LogP contribution in [-0.4, -0.2) is 37.6 Å². The fourth-order valence-corrected chi connectivity index (χ4v) is 2.73. The molecule has 0 spiro atoms. The Morgan fingerprint density at radius 3 is 2.67 bits per heavy atom. The Kier molecular flexibility index (Phi) is 6.48. The summed E-state index contributed by atoms with van der Waals surface area (Å²) in [7, 11) is 0. The molecule has 0 fully saturated rings. The highest BCUT2D eigenvalue weighted by atomic mass is 19.1. The van der Waals surface area contributed by atoms with Crippen LogP contribution in [0.3, 0.4) is 0 Å². The summed E-state index contributed by atoms with van der Waals surface area (Å²) in [4.78, 5) is 23.6. The van der Waals surface area contributed by atoms with Gasteiger partial charge in [0, 0.05) is 24.0 Å². The summed E-state index contributed by atoms with van der Waals surface area (Å²) in [6, 6.07) is 8.13. The van der Waals surface area contributed by atoms with E-state index in [2.05, 4.69) is 25.6 Å². The molecule has 3 N–H and O–H groups in total. The second-order valence-corrected chi connectivity index (χ2v) is 6.92. The van der Waals surface area contributed by atoms with Crippen molar-refractivity contribution in [2.75, 3.05) is 17.2 Å². The Balaban J connectivity index is 2.03. The van der Waals surface area contributed by atoms with Crippen molar-refractivity contribution in [3.63, 3.8) is 0 Å². The molecule has 156 valence electrons. The number of nitro benzene ring substituents is 1. The molecule has 0 saturated carbocycles. The first-order valence-corrected chi connectivity index (χ1v) is 9.25. The molecular weight excluding hydrogens is 391 g/mol.